The lowest BCUT2D eigenvalue weighted by atomic mass is 10.2. The number of benzene rings is 1. The van der Waals surface area contributed by atoms with Gasteiger partial charge < -0.3 is 14.6 Å². The molecule has 1 aromatic rings. The largest absolute Gasteiger partial charge is 0.490 e. The summed E-state index contributed by atoms with van der Waals surface area (Å²) in [5, 5.41) is 8.94. The monoisotopic (exact) mass is 288 g/mol. The van der Waals surface area contributed by atoms with Crippen molar-refractivity contribution in [3.05, 3.63) is 28.2 Å². The van der Waals surface area contributed by atoms with Crippen LogP contribution in [-0.2, 0) is 11.3 Å². The highest BCUT2D eigenvalue weighted by Gasteiger charge is 2.01. The Bertz CT molecular complexity index is 315. The molecule has 0 aliphatic rings. The van der Waals surface area contributed by atoms with Gasteiger partial charge in [0.15, 0.2) is 0 Å². The molecule has 0 heterocycles. The molecule has 1 rings (SSSR count). The van der Waals surface area contributed by atoms with Crippen molar-refractivity contribution in [1.29, 1.82) is 0 Å². The summed E-state index contributed by atoms with van der Waals surface area (Å²) in [6.07, 6.45) is 1.02. The molecule has 16 heavy (non-hydrogen) atoms. The number of hydrogen-bond acceptors (Lipinski definition) is 3. The molecular weight excluding hydrogens is 272 g/mol. The second-order valence-electron chi connectivity index (χ2n) is 3.38. The van der Waals surface area contributed by atoms with Crippen molar-refractivity contribution in [3.63, 3.8) is 0 Å². The van der Waals surface area contributed by atoms with Crippen molar-refractivity contribution in [2.24, 2.45) is 0 Å². The van der Waals surface area contributed by atoms with Gasteiger partial charge in [0.05, 0.1) is 17.7 Å². The van der Waals surface area contributed by atoms with Gasteiger partial charge in [0.25, 0.3) is 0 Å². The molecule has 0 saturated heterocycles. The zero-order valence-electron chi connectivity index (χ0n) is 9.41. The lowest BCUT2D eigenvalue weighted by molar-refractivity contribution is 0.100. The van der Waals surface area contributed by atoms with Crippen molar-refractivity contribution in [1.82, 2.24) is 0 Å². The van der Waals surface area contributed by atoms with Crippen molar-refractivity contribution < 1.29 is 14.6 Å². The fraction of sp³-hybridized carbons (Fsp3) is 0.500. The van der Waals surface area contributed by atoms with Gasteiger partial charge in [-0.05, 0) is 40.0 Å². The molecule has 1 N–H and O–H groups in total. The number of hydrogen-bond donors (Lipinski definition) is 1. The van der Waals surface area contributed by atoms with E-state index in [9.17, 15) is 0 Å². The summed E-state index contributed by atoms with van der Waals surface area (Å²) in [4.78, 5) is 0. The van der Waals surface area contributed by atoms with Gasteiger partial charge in [0.1, 0.15) is 12.4 Å². The Labute approximate surface area is 105 Å². The van der Waals surface area contributed by atoms with Gasteiger partial charge in [0, 0.05) is 6.61 Å². The third-order valence-electron chi connectivity index (χ3n) is 2.01. The van der Waals surface area contributed by atoms with Crippen LogP contribution in [0.25, 0.3) is 0 Å². The van der Waals surface area contributed by atoms with Crippen LogP contribution < -0.4 is 4.74 Å². The van der Waals surface area contributed by atoms with Crippen LogP contribution in [0.3, 0.4) is 0 Å². The van der Waals surface area contributed by atoms with Crippen LogP contribution in [0.15, 0.2) is 22.7 Å². The van der Waals surface area contributed by atoms with Crippen LogP contribution in [0, 0.1) is 0 Å². The number of halogens is 1. The van der Waals surface area contributed by atoms with Crippen LogP contribution in [0.5, 0.6) is 5.75 Å². The molecule has 0 spiro atoms. The van der Waals surface area contributed by atoms with Gasteiger partial charge in [-0.3, -0.25) is 0 Å². The lowest BCUT2D eigenvalue weighted by Gasteiger charge is -2.09. The van der Waals surface area contributed by atoms with E-state index >= 15 is 0 Å². The lowest BCUT2D eigenvalue weighted by Crippen LogP contribution is -2.07. The maximum atomic E-state index is 8.94. The average Bonchev–Trinajstić information content (AvgIpc) is 2.30. The minimum Gasteiger partial charge on any atom is -0.490 e. The summed E-state index contributed by atoms with van der Waals surface area (Å²) in [5.74, 6) is 0.775. The van der Waals surface area contributed by atoms with Crippen LogP contribution >= 0.6 is 15.9 Å². The summed E-state index contributed by atoms with van der Waals surface area (Å²) in [6.45, 7) is 4.02. The second-order valence-corrected chi connectivity index (χ2v) is 4.24. The molecule has 0 aromatic heterocycles. The van der Waals surface area contributed by atoms with Gasteiger partial charge in [-0.25, -0.2) is 0 Å². The van der Waals surface area contributed by atoms with Crippen LogP contribution in [-0.4, -0.2) is 24.9 Å². The van der Waals surface area contributed by atoms with Gasteiger partial charge in [-0.15, -0.1) is 0 Å². The molecule has 0 radical (unpaired) electrons. The number of aliphatic hydroxyl groups excluding tert-OH is 1. The first kappa shape index (κ1) is 13.5. The molecule has 0 saturated carbocycles. The van der Waals surface area contributed by atoms with Crippen molar-refractivity contribution in [2.45, 2.75) is 20.0 Å². The molecule has 0 amide bonds. The van der Waals surface area contributed by atoms with E-state index in [1.807, 2.05) is 18.2 Å². The Morgan fingerprint density at radius 2 is 2.06 bits per heavy atom. The first-order valence-electron chi connectivity index (χ1n) is 5.37. The predicted molar refractivity (Wildman–Crippen MR) is 66.7 cm³/mol. The Morgan fingerprint density at radius 3 is 2.69 bits per heavy atom. The molecule has 1 aromatic carbocycles. The normalized spacial score (nSPS) is 10.4. The standard InChI is InChI=1S/C12H17BrO3/c1-2-5-15-6-7-16-12-4-3-10(9-14)8-11(12)13/h3-4,8,14H,2,5-7,9H2,1H3. The summed E-state index contributed by atoms with van der Waals surface area (Å²) in [6, 6.07) is 5.53. The summed E-state index contributed by atoms with van der Waals surface area (Å²) in [5.41, 5.74) is 0.862. The summed E-state index contributed by atoms with van der Waals surface area (Å²) >= 11 is 3.39. The third kappa shape index (κ3) is 4.51. The zero-order chi connectivity index (χ0) is 11.8. The van der Waals surface area contributed by atoms with Crippen LogP contribution in [0.2, 0.25) is 0 Å². The van der Waals surface area contributed by atoms with Gasteiger partial charge in [-0.1, -0.05) is 13.0 Å². The maximum Gasteiger partial charge on any atom is 0.133 e. The minimum atomic E-state index is 0.0402. The molecule has 0 aliphatic heterocycles. The van der Waals surface area contributed by atoms with E-state index in [0.717, 1.165) is 28.8 Å². The zero-order valence-corrected chi connectivity index (χ0v) is 11.0. The molecule has 0 aliphatic carbocycles. The third-order valence-corrected chi connectivity index (χ3v) is 2.63. The Balaban J connectivity index is 2.36. The smallest absolute Gasteiger partial charge is 0.133 e. The first-order valence-corrected chi connectivity index (χ1v) is 6.17. The summed E-state index contributed by atoms with van der Waals surface area (Å²) < 4.78 is 11.7. The fourth-order valence-electron chi connectivity index (χ4n) is 1.22. The topological polar surface area (TPSA) is 38.7 Å². The Morgan fingerprint density at radius 1 is 1.25 bits per heavy atom. The minimum absolute atomic E-state index is 0.0402. The SMILES string of the molecule is CCCOCCOc1ccc(CO)cc1Br. The summed E-state index contributed by atoms with van der Waals surface area (Å²) in [7, 11) is 0. The Kier molecular flexibility index (Phi) is 6.45. The van der Waals surface area contributed by atoms with Crippen molar-refractivity contribution >= 4 is 15.9 Å². The van der Waals surface area contributed by atoms with E-state index in [4.69, 9.17) is 14.6 Å². The van der Waals surface area contributed by atoms with E-state index in [0.29, 0.717) is 13.2 Å². The molecule has 0 bridgehead atoms. The quantitative estimate of drug-likeness (QED) is 0.784. The van der Waals surface area contributed by atoms with E-state index in [-0.39, 0.29) is 6.61 Å². The predicted octanol–water partition coefficient (Wildman–Crippen LogP) is 2.75. The molecule has 0 atom stereocenters. The second kappa shape index (κ2) is 7.65. The van der Waals surface area contributed by atoms with Gasteiger partial charge in [-0.2, -0.15) is 0 Å². The average molecular weight is 289 g/mol. The van der Waals surface area contributed by atoms with E-state index in [1.165, 1.54) is 0 Å². The highest BCUT2D eigenvalue weighted by Crippen LogP contribution is 2.25. The fourth-order valence-corrected chi connectivity index (χ4v) is 1.76. The van der Waals surface area contributed by atoms with Crippen molar-refractivity contribution in [3.8, 4) is 5.75 Å². The highest BCUT2D eigenvalue weighted by molar-refractivity contribution is 9.10. The number of ether oxygens (including phenoxy) is 2. The number of aliphatic hydroxyl groups is 1. The van der Waals surface area contributed by atoms with Crippen LogP contribution in [0.4, 0.5) is 0 Å². The van der Waals surface area contributed by atoms with Gasteiger partial charge in [0.2, 0.25) is 0 Å². The van der Waals surface area contributed by atoms with Crippen LogP contribution in [0.1, 0.15) is 18.9 Å². The maximum absolute atomic E-state index is 8.94. The molecule has 4 heteroatoms. The van der Waals surface area contributed by atoms with Gasteiger partial charge >= 0.3 is 0 Å². The van der Waals surface area contributed by atoms with E-state index in [1.54, 1.807) is 0 Å². The number of rotatable bonds is 7. The van der Waals surface area contributed by atoms with E-state index < -0.39 is 0 Å². The molecule has 3 nitrogen and oxygen atoms in total. The molecule has 0 fully saturated rings. The molecule has 90 valence electrons. The molecule has 0 unspecified atom stereocenters. The Hall–Kier alpha value is -0.580. The first-order chi connectivity index (χ1) is 7.77. The highest BCUT2D eigenvalue weighted by atomic mass is 79.9. The van der Waals surface area contributed by atoms with Crippen molar-refractivity contribution in [2.75, 3.05) is 19.8 Å². The molecular formula is C12H17BrO3. The van der Waals surface area contributed by atoms with E-state index in [2.05, 4.69) is 22.9 Å².